The summed E-state index contributed by atoms with van der Waals surface area (Å²) in [6.07, 6.45) is 1.76. The number of rotatable bonds is 4. The molecule has 1 aliphatic heterocycles. The first-order valence-electron chi connectivity index (χ1n) is 7.24. The highest BCUT2D eigenvalue weighted by Crippen LogP contribution is 2.25. The molecule has 0 bridgehead atoms. The molecule has 1 amide bonds. The van der Waals surface area contributed by atoms with Crippen LogP contribution in [0.5, 0.6) is 0 Å². The van der Waals surface area contributed by atoms with Gasteiger partial charge in [0.05, 0.1) is 0 Å². The Hall–Kier alpha value is -1.13. The lowest BCUT2D eigenvalue weighted by molar-refractivity contribution is -0.126. The van der Waals surface area contributed by atoms with Crippen LogP contribution in [0.3, 0.4) is 0 Å². The van der Waals surface area contributed by atoms with Crippen LogP contribution in [0, 0.1) is 11.7 Å². The van der Waals surface area contributed by atoms with Crippen molar-refractivity contribution in [2.75, 3.05) is 19.6 Å². The van der Waals surface area contributed by atoms with Gasteiger partial charge in [0.15, 0.2) is 0 Å². The summed E-state index contributed by atoms with van der Waals surface area (Å²) < 4.78 is 13.8. The summed E-state index contributed by atoms with van der Waals surface area (Å²) in [6.45, 7) is 6.16. The molecule has 0 saturated carbocycles. The highest BCUT2D eigenvalue weighted by Gasteiger charge is 2.27. The highest BCUT2D eigenvalue weighted by molar-refractivity contribution is 5.85. The Bertz CT molecular complexity index is 473. The van der Waals surface area contributed by atoms with Crippen LogP contribution in [0.2, 0.25) is 0 Å². The minimum Gasteiger partial charge on any atom is -0.355 e. The summed E-state index contributed by atoms with van der Waals surface area (Å²) in [5, 5.41) is 6.23. The van der Waals surface area contributed by atoms with Crippen LogP contribution in [0.4, 0.5) is 4.39 Å². The van der Waals surface area contributed by atoms with Crippen molar-refractivity contribution in [1.82, 2.24) is 10.6 Å². The number of hydrogen-bond donors (Lipinski definition) is 2. The van der Waals surface area contributed by atoms with Crippen molar-refractivity contribution in [1.29, 1.82) is 0 Å². The first-order valence-corrected chi connectivity index (χ1v) is 7.24. The fraction of sp³-hybridized carbons (Fsp3) is 0.562. The van der Waals surface area contributed by atoms with E-state index < -0.39 is 5.41 Å². The molecule has 118 valence electrons. The summed E-state index contributed by atoms with van der Waals surface area (Å²) >= 11 is 0. The average Bonchev–Trinajstić information content (AvgIpc) is 2.46. The maximum absolute atomic E-state index is 13.8. The lowest BCUT2D eigenvalue weighted by atomic mass is 9.84. The van der Waals surface area contributed by atoms with Gasteiger partial charge < -0.3 is 10.6 Å². The zero-order valence-corrected chi connectivity index (χ0v) is 13.4. The monoisotopic (exact) mass is 314 g/mol. The summed E-state index contributed by atoms with van der Waals surface area (Å²) in [4.78, 5) is 12.1. The molecule has 1 aromatic rings. The van der Waals surface area contributed by atoms with Gasteiger partial charge in [-0.2, -0.15) is 0 Å². The highest BCUT2D eigenvalue weighted by atomic mass is 35.5. The number of benzene rings is 1. The maximum atomic E-state index is 13.8. The number of nitrogens with one attached hydrogen (secondary N) is 2. The Labute approximate surface area is 132 Å². The van der Waals surface area contributed by atoms with Crippen LogP contribution >= 0.6 is 12.4 Å². The van der Waals surface area contributed by atoms with Gasteiger partial charge in [-0.1, -0.05) is 32.0 Å². The van der Waals surface area contributed by atoms with Crippen molar-refractivity contribution in [2.24, 2.45) is 5.92 Å². The van der Waals surface area contributed by atoms with E-state index in [1.54, 1.807) is 12.1 Å². The van der Waals surface area contributed by atoms with E-state index in [0.717, 1.165) is 25.9 Å². The van der Waals surface area contributed by atoms with Gasteiger partial charge in [-0.3, -0.25) is 4.79 Å². The Morgan fingerprint density at radius 2 is 1.95 bits per heavy atom. The van der Waals surface area contributed by atoms with Crippen molar-refractivity contribution in [3.8, 4) is 0 Å². The Morgan fingerprint density at radius 3 is 2.57 bits per heavy atom. The zero-order valence-electron chi connectivity index (χ0n) is 12.6. The molecule has 1 fully saturated rings. The quantitative estimate of drug-likeness (QED) is 0.897. The van der Waals surface area contributed by atoms with Gasteiger partial charge in [-0.25, -0.2) is 4.39 Å². The third kappa shape index (κ3) is 4.68. The Kier molecular flexibility index (Phi) is 6.62. The third-order valence-corrected chi connectivity index (χ3v) is 4.02. The fourth-order valence-corrected chi connectivity index (χ4v) is 2.64. The van der Waals surface area contributed by atoms with E-state index in [4.69, 9.17) is 0 Å². The Morgan fingerprint density at radius 1 is 1.33 bits per heavy atom. The second kappa shape index (κ2) is 7.76. The fourth-order valence-electron chi connectivity index (χ4n) is 2.64. The lowest BCUT2D eigenvalue weighted by Gasteiger charge is -2.28. The molecule has 1 heterocycles. The molecule has 1 saturated heterocycles. The second-order valence-electron chi connectivity index (χ2n) is 6.11. The number of halogens is 2. The lowest BCUT2D eigenvalue weighted by Crippen LogP contribution is -2.43. The van der Waals surface area contributed by atoms with Gasteiger partial charge >= 0.3 is 0 Å². The summed E-state index contributed by atoms with van der Waals surface area (Å²) in [6, 6.07) is 6.76. The van der Waals surface area contributed by atoms with Crippen molar-refractivity contribution in [3.63, 3.8) is 0 Å². The average molecular weight is 315 g/mol. The summed E-state index contributed by atoms with van der Waals surface area (Å²) in [7, 11) is 0. The molecule has 2 N–H and O–H groups in total. The molecule has 0 unspecified atom stereocenters. The van der Waals surface area contributed by atoms with E-state index in [1.165, 1.54) is 6.07 Å². The molecule has 5 heteroatoms. The Balaban J connectivity index is 0.00000220. The second-order valence-corrected chi connectivity index (χ2v) is 6.11. The number of carbonyl (C=O) groups is 1. The van der Waals surface area contributed by atoms with Crippen molar-refractivity contribution >= 4 is 18.3 Å². The molecule has 1 aliphatic rings. The molecule has 0 radical (unpaired) electrons. The van der Waals surface area contributed by atoms with Gasteiger partial charge in [0.2, 0.25) is 5.91 Å². The van der Waals surface area contributed by atoms with Crippen LogP contribution in [0.15, 0.2) is 24.3 Å². The number of amides is 1. The minimum atomic E-state index is -0.409. The predicted molar refractivity (Wildman–Crippen MR) is 85.3 cm³/mol. The largest absolute Gasteiger partial charge is 0.355 e. The molecule has 0 aromatic heterocycles. The van der Waals surface area contributed by atoms with Gasteiger partial charge in [-0.15, -0.1) is 12.4 Å². The van der Waals surface area contributed by atoms with E-state index in [-0.39, 0.29) is 30.0 Å². The van der Waals surface area contributed by atoms with Crippen LogP contribution in [-0.4, -0.2) is 25.5 Å². The number of hydrogen-bond acceptors (Lipinski definition) is 2. The zero-order chi connectivity index (χ0) is 14.6. The van der Waals surface area contributed by atoms with Crippen LogP contribution < -0.4 is 10.6 Å². The van der Waals surface area contributed by atoms with Crippen LogP contribution in [-0.2, 0) is 10.2 Å². The topological polar surface area (TPSA) is 41.1 Å². The SMILES string of the molecule is CC(C)(CNC(=O)C1CCNCC1)c1ccccc1F.Cl. The molecule has 0 spiro atoms. The van der Waals surface area contributed by atoms with Crippen molar-refractivity contribution in [3.05, 3.63) is 35.6 Å². The smallest absolute Gasteiger partial charge is 0.223 e. The predicted octanol–water partition coefficient (Wildman–Crippen LogP) is 2.64. The molecule has 0 aliphatic carbocycles. The van der Waals surface area contributed by atoms with Crippen LogP contribution in [0.1, 0.15) is 32.3 Å². The molecular weight excluding hydrogens is 291 g/mol. The third-order valence-electron chi connectivity index (χ3n) is 4.02. The van der Waals surface area contributed by atoms with Crippen LogP contribution in [0.25, 0.3) is 0 Å². The molecule has 0 atom stereocenters. The van der Waals surface area contributed by atoms with E-state index in [0.29, 0.717) is 12.1 Å². The van der Waals surface area contributed by atoms with E-state index in [2.05, 4.69) is 10.6 Å². The number of piperidine rings is 1. The molecule has 3 nitrogen and oxygen atoms in total. The summed E-state index contributed by atoms with van der Waals surface area (Å²) in [5.74, 6) is -0.0304. The van der Waals surface area contributed by atoms with Gasteiger partial charge in [-0.05, 0) is 37.6 Å². The molecule has 1 aromatic carbocycles. The minimum absolute atomic E-state index is 0. The van der Waals surface area contributed by atoms with Crippen molar-refractivity contribution < 1.29 is 9.18 Å². The van der Waals surface area contributed by atoms with Gasteiger partial charge in [0.25, 0.3) is 0 Å². The number of carbonyl (C=O) groups excluding carboxylic acids is 1. The molecule has 2 rings (SSSR count). The van der Waals surface area contributed by atoms with E-state index in [9.17, 15) is 9.18 Å². The van der Waals surface area contributed by atoms with E-state index in [1.807, 2.05) is 19.9 Å². The summed E-state index contributed by atoms with van der Waals surface area (Å²) in [5.41, 5.74) is 0.235. The van der Waals surface area contributed by atoms with E-state index >= 15 is 0 Å². The first kappa shape index (κ1) is 17.9. The molecule has 21 heavy (non-hydrogen) atoms. The standard InChI is InChI=1S/C16H23FN2O.ClH/c1-16(2,13-5-3-4-6-14(13)17)11-19-15(20)12-7-9-18-10-8-12;/h3-6,12,18H,7-11H2,1-2H3,(H,19,20);1H. The van der Waals surface area contributed by atoms with Crippen molar-refractivity contribution in [2.45, 2.75) is 32.1 Å². The molecular formula is C16H24ClFN2O. The van der Waals surface area contributed by atoms with Gasteiger partial charge in [0.1, 0.15) is 5.82 Å². The van der Waals surface area contributed by atoms with Gasteiger partial charge in [0, 0.05) is 17.9 Å². The maximum Gasteiger partial charge on any atom is 0.223 e. The first-order chi connectivity index (χ1) is 9.50. The normalized spacial score (nSPS) is 16.1.